The Morgan fingerprint density at radius 1 is 1.19 bits per heavy atom. The van der Waals surface area contributed by atoms with Crippen molar-refractivity contribution in [3.8, 4) is 0 Å². The van der Waals surface area contributed by atoms with Gasteiger partial charge in [0.15, 0.2) is 0 Å². The van der Waals surface area contributed by atoms with E-state index in [1.165, 1.54) is 0 Å². The molecule has 0 atom stereocenters. The number of likely N-dealkylation sites (N-methyl/N-ethyl adjacent to an activating group) is 1. The van der Waals surface area contributed by atoms with Crippen LogP contribution < -0.4 is 0 Å². The molecule has 0 aromatic carbocycles. The Kier molecular flexibility index (Phi) is 4.16. The molecule has 2 rings (SSSR count). The fraction of sp³-hybridized carbons (Fsp3) is 0.583. The van der Waals surface area contributed by atoms with Gasteiger partial charge in [0.2, 0.25) is 0 Å². The molecule has 0 N–H and O–H groups in total. The standard InChI is InChI=1S/C12H18ClN3/c1-2-15-6-8-16(9-7-15)10-11-4-3-5-12(13)14-11/h3-5H,2,6-10H2,1H3. The normalized spacial score (nSPS) is 18.9. The highest BCUT2D eigenvalue weighted by Gasteiger charge is 2.15. The fourth-order valence-electron chi connectivity index (χ4n) is 2.03. The van der Waals surface area contributed by atoms with Crippen LogP contribution in [0.25, 0.3) is 0 Å². The maximum Gasteiger partial charge on any atom is 0.129 e. The Bertz CT molecular complexity index is 335. The van der Waals surface area contributed by atoms with Crippen LogP contribution in [0.15, 0.2) is 18.2 Å². The van der Waals surface area contributed by atoms with Crippen molar-refractivity contribution in [3.05, 3.63) is 29.0 Å². The number of halogens is 1. The molecule has 2 heterocycles. The monoisotopic (exact) mass is 239 g/mol. The number of hydrogen-bond donors (Lipinski definition) is 0. The maximum absolute atomic E-state index is 5.87. The van der Waals surface area contributed by atoms with E-state index in [1.807, 2.05) is 18.2 Å². The Morgan fingerprint density at radius 2 is 1.88 bits per heavy atom. The minimum Gasteiger partial charge on any atom is -0.301 e. The number of nitrogens with zero attached hydrogens (tertiary/aromatic N) is 3. The van der Waals surface area contributed by atoms with Crippen molar-refractivity contribution in [2.75, 3.05) is 32.7 Å². The highest BCUT2D eigenvalue weighted by atomic mass is 35.5. The summed E-state index contributed by atoms with van der Waals surface area (Å²) in [4.78, 5) is 9.23. The van der Waals surface area contributed by atoms with Gasteiger partial charge in [-0.15, -0.1) is 0 Å². The van der Waals surface area contributed by atoms with E-state index < -0.39 is 0 Å². The molecule has 4 heteroatoms. The largest absolute Gasteiger partial charge is 0.301 e. The van der Waals surface area contributed by atoms with E-state index >= 15 is 0 Å². The molecule has 0 saturated carbocycles. The molecule has 0 spiro atoms. The van der Waals surface area contributed by atoms with Crippen LogP contribution in [0.5, 0.6) is 0 Å². The van der Waals surface area contributed by atoms with Gasteiger partial charge >= 0.3 is 0 Å². The van der Waals surface area contributed by atoms with Crippen molar-refractivity contribution >= 4 is 11.6 Å². The van der Waals surface area contributed by atoms with Gasteiger partial charge in [0.25, 0.3) is 0 Å². The molecule has 1 aliphatic heterocycles. The van der Waals surface area contributed by atoms with Crippen molar-refractivity contribution in [2.45, 2.75) is 13.5 Å². The minimum atomic E-state index is 0.588. The average Bonchev–Trinajstić information content (AvgIpc) is 2.30. The number of aromatic nitrogens is 1. The summed E-state index contributed by atoms with van der Waals surface area (Å²) in [7, 11) is 0. The van der Waals surface area contributed by atoms with Crippen molar-refractivity contribution in [1.82, 2.24) is 14.8 Å². The third-order valence-corrected chi connectivity index (χ3v) is 3.28. The SMILES string of the molecule is CCN1CCN(Cc2cccc(Cl)n2)CC1. The lowest BCUT2D eigenvalue weighted by Gasteiger charge is -2.33. The van der Waals surface area contributed by atoms with E-state index in [0.717, 1.165) is 45.0 Å². The van der Waals surface area contributed by atoms with Crippen LogP contribution >= 0.6 is 11.6 Å². The van der Waals surface area contributed by atoms with Gasteiger partial charge in [-0.3, -0.25) is 4.90 Å². The molecule has 0 radical (unpaired) electrons. The van der Waals surface area contributed by atoms with E-state index in [-0.39, 0.29) is 0 Å². The summed E-state index contributed by atoms with van der Waals surface area (Å²) in [6.07, 6.45) is 0. The lowest BCUT2D eigenvalue weighted by molar-refractivity contribution is 0.131. The zero-order valence-corrected chi connectivity index (χ0v) is 10.5. The first kappa shape index (κ1) is 11.8. The Labute approximate surface area is 102 Å². The highest BCUT2D eigenvalue weighted by Crippen LogP contribution is 2.09. The van der Waals surface area contributed by atoms with Crippen LogP contribution in [0.2, 0.25) is 5.15 Å². The van der Waals surface area contributed by atoms with E-state index in [2.05, 4.69) is 21.7 Å². The van der Waals surface area contributed by atoms with Crippen molar-refractivity contribution in [1.29, 1.82) is 0 Å². The Morgan fingerprint density at radius 3 is 2.50 bits per heavy atom. The molecule has 16 heavy (non-hydrogen) atoms. The molecule has 0 aliphatic carbocycles. The van der Waals surface area contributed by atoms with Gasteiger partial charge in [-0.05, 0) is 18.7 Å². The predicted octanol–water partition coefficient (Wildman–Crippen LogP) is 1.87. The molecule has 0 amide bonds. The topological polar surface area (TPSA) is 19.4 Å². The lowest BCUT2D eigenvalue weighted by atomic mass is 10.2. The first-order valence-corrected chi connectivity index (χ1v) is 6.22. The molecule has 1 fully saturated rings. The molecule has 0 bridgehead atoms. The number of hydrogen-bond acceptors (Lipinski definition) is 3. The zero-order chi connectivity index (χ0) is 11.4. The number of rotatable bonds is 3. The second-order valence-electron chi connectivity index (χ2n) is 4.16. The van der Waals surface area contributed by atoms with Crippen molar-refractivity contribution in [3.63, 3.8) is 0 Å². The quantitative estimate of drug-likeness (QED) is 0.751. The van der Waals surface area contributed by atoms with Gasteiger partial charge in [-0.1, -0.05) is 24.6 Å². The van der Waals surface area contributed by atoms with Gasteiger partial charge in [-0.2, -0.15) is 0 Å². The van der Waals surface area contributed by atoms with Crippen molar-refractivity contribution in [2.24, 2.45) is 0 Å². The summed E-state index contributed by atoms with van der Waals surface area (Å²) in [5.74, 6) is 0. The molecule has 1 aromatic rings. The maximum atomic E-state index is 5.87. The molecular weight excluding hydrogens is 222 g/mol. The smallest absolute Gasteiger partial charge is 0.129 e. The highest BCUT2D eigenvalue weighted by molar-refractivity contribution is 6.29. The molecule has 3 nitrogen and oxygen atoms in total. The molecule has 1 saturated heterocycles. The Balaban J connectivity index is 1.87. The van der Waals surface area contributed by atoms with Crippen LogP contribution in [0.3, 0.4) is 0 Å². The summed E-state index contributed by atoms with van der Waals surface area (Å²) in [6, 6.07) is 5.82. The van der Waals surface area contributed by atoms with Gasteiger partial charge in [0, 0.05) is 32.7 Å². The van der Waals surface area contributed by atoms with Crippen LogP contribution in [0, 0.1) is 0 Å². The number of piperazine rings is 1. The second kappa shape index (κ2) is 5.62. The first-order valence-electron chi connectivity index (χ1n) is 5.84. The first-order chi connectivity index (χ1) is 7.78. The third kappa shape index (κ3) is 3.17. The van der Waals surface area contributed by atoms with Crippen LogP contribution in [0.4, 0.5) is 0 Å². The van der Waals surface area contributed by atoms with Crippen LogP contribution in [-0.4, -0.2) is 47.5 Å². The summed E-state index contributed by atoms with van der Waals surface area (Å²) in [5.41, 5.74) is 1.07. The van der Waals surface area contributed by atoms with Gasteiger partial charge in [-0.25, -0.2) is 4.98 Å². The van der Waals surface area contributed by atoms with Crippen molar-refractivity contribution < 1.29 is 0 Å². The third-order valence-electron chi connectivity index (χ3n) is 3.07. The van der Waals surface area contributed by atoms with Gasteiger partial charge in [0.1, 0.15) is 5.15 Å². The summed E-state index contributed by atoms with van der Waals surface area (Å²) >= 11 is 5.87. The lowest BCUT2D eigenvalue weighted by Crippen LogP contribution is -2.45. The zero-order valence-electron chi connectivity index (χ0n) is 9.69. The van der Waals surface area contributed by atoms with E-state index in [9.17, 15) is 0 Å². The summed E-state index contributed by atoms with van der Waals surface area (Å²) < 4.78 is 0. The molecule has 0 unspecified atom stereocenters. The van der Waals surface area contributed by atoms with E-state index in [1.54, 1.807) is 0 Å². The van der Waals surface area contributed by atoms with Gasteiger partial charge < -0.3 is 4.90 Å². The summed E-state index contributed by atoms with van der Waals surface area (Å²) in [6.45, 7) is 8.87. The summed E-state index contributed by atoms with van der Waals surface area (Å²) in [5, 5.41) is 0.588. The Hall–Kier alpha value is -0.640. The average molecular weight is 240 g/mol. The van der Waals surface area contributed by atoms with E-state index in [0.29, 0.717) is 5.15 Å². The minimum absolute atomic E-state index is 0.588. The van der Waals surface area contributed by atoms with Crippen LogP contribution in [0.1, 0.15) is 12.6 Å². The molecule has 1 aromatic heterocycles. The predicted molar refractivity (Wildman–Crippen MR) is 66.6 cm³/mol. The molecular formula is C12H18ClN3. The van der Waals surface area contributed by atoms with Gasteiger partial charge in [0.05, 0.1) is 5.69 Å². The second-order valence-corrected chi connectivity index (χ2v) is 4.55. The number of pyridine rings is 1. The van der Waals surface area contributed by atoms with E-state index in [4.69, 9.17) is 11.6 Å². The molecule has 1 aliphatic rings. The fourth-order valence-corrected chi connectivity index (χ4v) is 2.21. The van der Waals surface area contributed by atoms with Crippen LogP contribution in [-0.2, 0) is 6.54 Å². The molecule has 88 valence electrons.